The van der Waals surface area contributed by atoms with Gasteiger partial charge in [-0.15, -0.1) is 0 Å². The molecule has 1 unspecified atom stereocenters. The summed E-state index contributed by atoms with van der Waals surface area (Å²) in [6.07, 6.45) is -2.76. The van der Waals surface area contributed by atoms with Gasteiger partial charge in [0.2, 0.25) is 5.91 Å². The van der Waals surface area contributed by atoms with Gasteiger partial charge in [0, 0.05) is 12.5 Å². The lowest BCUT2D eigenvalue weighted by atomic mass is 9.81. The fourth-order valence-electron chi connectivity index (χ4n) is 3.23. The molecule has 0 bridgehead atoms. The lowest BCUT2D eigenvalue weighted by Crippen LogP contribution is -2.47. The highest BCUT2D eigenvalue weighted by atomic mass is 19.4. The molecule has 0 radical (unpaired) electrons. The first-order valence-corrected chi connectivity index (χ1v) is 7.47. The first-order valence-electron chi connectivity index (χ1n) is 7.47. The number of likely N-dealkylation sites (tertiary alicyclic amines) is 1. The first kappa shape index (κ1) is 17.9. The standard InChI is InChI=1S/C15H19F5N2O/c1-8-2-4-10(16)13(17)12(8)9-3-5-11(21)14(23)22(6-9)7-15(18,19)20/h4,8-9,11H,2-3,5-7,21H2,1H3/t8?,9-,11-/m1/s1. The van der Waals surface area contributed by atoms with Gasteiger partial charge in [-0.1, -0.05) is 6.92 Å². The Bertz CT molecular complexity index is 540. The molecule has 0 aromatic rings. The summed E-state index contributed by atoms with van der Waals surface area (Å²) in [6.45, 7) is -0.0390. The number of halogens is 5. The van der Waals surface area contributed by atoms with Crippen molar-refractivity contribution in [3.63, 3.8) is 0 Å². The molecule has 1 heterocycles. The van der Waals surface area contributed by atoms with Crippen LogP contribution in [0, 0.1) is 11.8 Å². The van der Waals surface area contributed by atoms with E-state index in [1.165, 1.54) is 0 Å². The molecule has 3 nitrogen and oxygen atoms in total. The minimum Gasteiger partial charge on any atom is -0.332 e. The zero-order valence-corrected chi connectivity index (χ0v) is 12.7. The van der Waals surface area contributed by atoms with Crippen molar-refractivity contribution in [2.45, 2.75) is 38.4 Å². The van der Waals surface area contributed by atoms with Crippen molar-refractivity contribution in [3.05, 3.63) is 23.3 Å². The number of rotatable bonds is 2. The second kappa shape index (κ2) is 6.59. The third-order valence-electron chi connectivity index (χ3n) is 4.35. The van der Waals surface area contributed by atoms with Crippen molar-refractivity contribution < 1.29 is 26.7 Å². The lowest BCUT2D eigenvalue weighted by molar-refractivity contribution is -0.162. The smallest absolute Gasteiger partial charge is 0.332 e. The average Bonchev–Trinajstić information content (AvgIpc) is 2.56. The molecule has 1 aliphatic heterocycles. The van der Waals surface area contributed by atoms with Crippen LogP contribution in [0.2, 0.25) is 0 Å². The number of amides is 1. The molecule has 0 saturated carbocycles. The molecular weight excluding hydrogens is 319 g/mol. The van der Waals surface area contributed by atoms with E-state index < -0.39 is 42.2 Å². The molecule has 1 amide bonds. The van der Waals surface area contributed by atoms with Gasteiger partial charge in [0.05, 0.1) is 6.04 Å². The van der Waals surface area contributed by atoms with Crippen molar-refractivity contribution >= 4 is 5.91 Å². The normalized spacial score (nSPS) is 30.4. The summed E-state index contributed by atoms with van der Waals surface area (Å²) >= 11 is 0. The van der Waals surface area contributed by atoms with Crippen molar-refractivity contribution in [2.24, 2.45) is 17.6 Å². The van der Waals surface area contributed by atoms with Gasteiger partial charge in [0.15, 0.2) is 11.7 Å². The molecule has 2 N–H and O–H groups in total. The number of carbonyl (C=O) groups excluding carboxylic acids is 1. The quantitative estimate of drug-likeness (QED) is 0.786. The second-order valence-corrected chi connectivity index (χ2v) is 6.17. The van der Waals surface area contributed by atoms with Crippen LogP contribution in [-0.2, 0) is 4.79 Å². The Morgan fingerprint density at radius 2 is 1.96 bits per heavy atom. The third-order valence-corrected chi connectivity index (χ3v) is 4.35. The lowest BCUT2D eigenvalue weighted by Gasteiger charge is -2.30. The van der Waals surface area contributed by atoms with Crippen LogP contribution in [0.25, 0.3) is 0 Å². The highest BCUT2D eigenvalue weighted by molar-refractivity contribution is 5.82. The maximum absolute atomic E-state index is 14.1. The number of nitrogens with two attached hydrogens (primary N) is 1. The molecule has 1 fully saturated rings. The molecule has 23 heavy (non-hydrogen) atoms. The van der Waals surface area contributed by atoms with E-state index in [-0.39, 0.29) is 37.3 Å². The number of hydrogen-bond acceptors (Lipinski definition) is 2. The molecule has 130 valence electrons. The monoisotopic (exact) mass is 338 g/mol. The fourth-order valence-corrected chi connectivity index (χ4v) is 3.23. The van der Waals surface area contributed by atoms with E-state index in [1.54, 1.807) is 6.92 Å². The predicted molar refractivity (Wildman–Crippen MR) is 74.4 cm³/mol. The van der Waals surface area contributed by atoms with Gasteiger partial charge in [0.25, 0.3) is 0 Å². The van der Waals surface area contributed by atoms with Crippen LogP contribution in [0.1, 0.15) is 26.2 Å². The zero-order valence-electron chi connectivity index (χ0n) is 12.7. The Balaban J connectivity index is 2.30. The third kappa shape index (κ3) is 4.10. The minimum absolute atomic E-state index is 0.146. The van der Waals surface area contributed by atoms with Gasteiger partial charge in [-0.05, 0) is 36.8 Å². The second-order valence-electron chi connectivity index (χ2n) is 6.17. The van der Waals surface area contributed by atoms with Crippen molar-refractivity contribution in [1.82, 2.24) is 4.90 Å². The number of nitrogens with zero attached hydrogens (tertiary/aromatic N) is 1. The molecule has 1 saturated heterocycles. The van der Waals surface area contributed by atoms with E-state index in [4.69, 9.17) is 5.73 Å². The summed E-state index contributed by atoms with van der Waals surface area (Å²) in [5.74, 6) is -3.78. The van der Waals surface area contributed by atoms with E-state index in [2.05, 4.69) is 0 Å². The maximum atomic E-state index is 14.1. The average molecular weight is 338 g/mol. The topological polar surface area (TPSA) is 46.3 Å². The SMILES string of the molecule is CC1CC=C(F)C(F)=C1[C@@H]1CC[C@@H](N)C(=O)N(CC(F)(F)F)C1. The van der Waals surface area contributed by atoms with E-state index in [0.29, 0.717) is 4.90 Å². The molecule has 0 spiro atoms. The van der Waals surface area contributed by atoms with Crippen LogP contribution >= 0.6 is 0 Å². The Hall–Kier alpha value is -1.44. The fraction of sp³-hybridized carbons (Fsp3) is 0.667. The Kier molecular flexibility index (Phi) is 5.13. The van der Waals surface area contributed by atoms with Crippen molar-refractivity contribution in [1.29, 1.82) is 0 Å². The summed E-state index contributed by atoms with van der Waals surface area (Å²) < 4.78 is 65.7. The van der Waals surface area contributed by atoms with E-state index in [9.17, 15) is 26.7 Å². The summed E-state index contributed by atoms with van der Waals surface area (Å²) in [5, 5.41) is 0. The first-order chi connectivity index (χ1) is 10.6. The summed E-state index contributed by atoms with van der Waals surface area (Å²) in [4.78, 5) is 12.6. The zero-order chi connectivity index (χ0) is 17.4. The van der Waals surface area contributed by atoms with E-state index in [1.807, 2.05) is 0 Å². The van der Waals surface area contributed by atoms with Crippen LogP contribution in [0.15, 0.2) is 23.3 Å². The van der Waals surface area contributed by atoms with Crippen LogP contribution in [0.3, 0.4) is 0 Å². The molecule has 0 aromatic heterocycles. The summed E-state index contributed by atoms with van der Waals surface area (Å²) in [6, 6.07) is -1.05. The maximum Gasteiger partial charge on any atom is 0.406 e. The van der Waals surface area contributed by atoms with Crippen molar-refractivity contribution in [2.75, 3.05) is 13.1 Å². The van der Waals surface area contributed by atoms with Crippen LogP contribution in [0.5, 0.6) is 0 Å². The van der Waals surface area contributed by atoms with Gasteiger partial charge >= 0.3 is 6.18 Å². The van der Waals surface area contributed by atoms with Crippen LogP contribution in [0.4, 0.5) is 22.0 Å². The minimum atomic E-state index is -4.57. The van der Waals surface area contributed by atoms with Gasteiger partial charge in [-0.3, -0.25) is 4.79 Å². The largest absolute Gasteiger partial charge is 0.406 e. The Morgan fingerprint density at radius 3 is 2.57 bits per heavy atom. The number of alkyl halides is 3. The van der Waals surface area contributed by atoms with E-state index >= 15 is 0 Å². The summed E-state index contributed by atoms with van der Waals surface area (Å²) in [7, 11) is 0. The molecule has 1 aliphatic carbocycles. The number of allylic oxidation sites excluding steroid dienone is 3. The van der Waals surface area contributed by atoms with E-state index in [0.717, 1.165) is 6.08 Å². The Morgan fingerprint density at radius 1 is 1.30 bits per heavy atom. The molecular formula is C15H19F5N2O. The Labute approximate surface area is 131 Å². The highest BCUT2D eigenvalue weighted by Crippen LogP contribution is 2.39. The molecule has 8 heteroatoms. The predicted octanol–water partition coefficient (Wildman–Crippen LogP) is 3.23. The van der Waals surface area contributed by atoms with Crippen LogP contribution < -0.4 is 5.73 Å². The van der Waals surface area contributed by atoms with Gasteiger partial charge < -0.3 is 10.6 Å². The van der Waals surface area contributed by atoms with Gasteiger partial charge in [-0.25, -0.2) is 8.78 Å². The molecule has 0 aromatic carbocycles. The summed E-state index contributed by atoms with van der Waals surface area (Å²) in [5.41, 5.74) is 5.77. The van der Waals surface area contributed by atoms with Crippen molar-refractivity contribution in [3.8, 4) is 0 Å². The molecule has 3 atom stereocenters. The highest BCUT2D eigenvalue weighted by Gasteiger charge is 2.39. The van der Waals surface area contributed by atoms with Gasteiger partial charge in [-0.2, -0.15) is 13.2 Å². The van der Waals surface area contributed by atoms with Crippen LogP contribution in [-0.4, -0.2) is 36.1 Å². The molecule has 2 aliphatic rings. The number of hydrogen-bond donors (Lipinski definition) is 1. The number of carbonyl (C=O) groups is 1. The molecule has 2 rings (SSSR count). The van der Waals surface area contributed by atoms with Gasteiger partial charge in [0.1, 0.15) is 6.54 Å².